The highest BCUT2D eigenvalue weighted by Gasteiger charge is 2.14. The van der Waals surface area contributed by atoms with Crippen LogP contribution >= 0.6 is 0 Å². The molecule has 6 heteroatoms. The lowest BCUT2D eigenvalue weighted by Gasteiger charge is -2.08. The second-order valence-electron chi connectivity index (χ2n) is 4.66. The van der Waals surface area contributed by atoms with Gasteiger partial charge in [-0.05, 0) is 31.0 Å². The highest BCUT2D eigenvalue weighted by Crippen LogP contribution is 2.09. The second-order valence-corrected chi connectivity index (χ2v) is 4.66. The number of carbonyl (C=O) groups excluding carboxylic acids is 2. The highest BCUT2D eigenvalue weighted by atomic mass is 16.5. The fraction of sp³-hybridized carbons (Fsp3) is 0.267. The van der Waals surface area contributed by atoms with E-state index in [1.165, 1.54) is 6.92 Å². The van der Waals surface area contributed by atoms with Crippen LogP contribution in [0.2, 0.25) is 0 Å². The van der Waals surface area contributed by atoms with Crippen molar-refractivity contribution >= 4 is 11.9 Å². The van der Waals surface area contributed by atoms with Crippen molar-refractivity contribution in [3.8, 4) is 5.69 Å². The van der Waals surface area contributed by atoms with E-state index in [1.54, 1.807) is 10.9 Å². The number of hydrogen-bond donors (Lipinski definition) is 1. The Kier molecular flexibility index (Phi) is 4.71. The Morgan fingerprint density at radius 2 is 2.05 bits per heavy atom. The lowest BCUT2D eigenvalue weighted by atomic mass is 10.2. The van der Waals surface area contributed by atoms with Gasteiger partial charge < -0.3 is 10.5 Å². The van der Waals surface area contributed by atoms with Crippen LogP contribution in [0.25, 0.3) is 5.69 Å². The van der Waals surface area contributed by atoms with Gasteiger partial charge in [0.1, 0.15) is 0 Å². The van der Waals surface area contributed by atoms with Crippen molar-refractivity contribution in [2.45, 2.75) is 25.9 Å². The Labute approximate surface area is 122 Å². The molecule has 0 fully saturated rings. The van der Waals surface area contributed by atoms with Gasteiger partial charge in [-0.25, -0.2) is 4.68 Å². The molecular formula is C15H17N3O3. The van der Waals surface area contributed by atoms with Gasteiger partial charge >= 0.3 is 5.97 Å². The largest absolute Gasteiger partial charge is 0.453 e. The zero-order chi connectivity index (χ0) is 15.2. The number of esters is 1. The summed E-state index contributed by atoms with van der Waals surface area (Å²) >= 11 is 0. The quantitative estimate of drug-likeness (QED) is 0.809. The number of aryl methyl sites for hydroxylation is 1. The van der Waals surface area contributed by atoms with E-state index in [-0.39, 0.29) is 6.42 Å². The molecule has 0 aliphatic heterocycles. The number of ether oxygens (including phenoxy) is 1. The SMILES string of the molecule is C[C@@H](OC(=O)CCc1cnn(-c2ccccc2)c1)C(N)=O. The maximum absolute atomic E-state index is 11.6. The number of hydrogen-bond acceptors (Lipinski definition) is 4. The summed E-state index contributed by atoms with van der Waals surface area (Å²) in [4.78, 5) is 22.4. The van der Waals surface area contributed by atoms with Crippen LogP contribution in [0.4, 0.5) is 0 Å². The summed E-state index contributed by atoms with van der Waals surface area (Å²) in [5.74, 6) is -1.10. The minimum atomic E-state index is -0.899. The molecule has 2 aromatic rings. The van der Waals surface area contributed by atoms with E-state index < -0.39 is 18.0 Å². The summed E-state index contributed by atoms with van der Waals surface area (Å²) in [6, 6.07) is 9.68. The number of rotatable bonds is 6. The van der Waals surface area contributed by atoms with Crippen LogP contribution in [0.15, 0.2) is 42.7 Å². The van der Waals surface area contributed by atoms with E-state index in [2.05, 4.69) is 5.10 Å². The van der Waals surface area contributed by atoms with Gasteiger partial charge in [-0.1, -0.05) is 18.2 Å². The van der Waals surface area contributed by atoms with Crippen molar-refractivity contribution in [3.63, 3.8) is 0 Å². The number of para-hydroxylation sites is 1. The lowest BCUT2D eigenvalue weighted by molar-refractivity contribution is -0.153. The molecule has 110 valence electrons. The number of benzene rings is 1. The van der Waals surface area contributed by atoms with Crippen molar-refractivity contribution in [1.29, 1.82) is 0 Å². The zero-order valence-electron chi connectivity index (χ0n) is 11.7. The summed E-state index contributed by atoms with van der Waals surface area (Å²) in [5.41, 5.74) is 6.90. The average Bonchev–Trinajstić information content (AvgIpc) is 2.95. The Bertz CT molecular complexity index is 622. The lowest BCUT2D eigenvalue weighted by Crippen LogP contribution is -2.30. The Morgan fingerprint density at radius 3 is 2.71 bits per heavy atom. The van der Waals surface area contributed by atoms with Crippen LogP contribution in [-0.4, -0.2) is 27.8 Å². The summed E-state index contributed by atoms with van der Waals surface area (Å²) in [6.07, 6.45) is 3.34. The normalized spacial score (nSPS) is 11.9. The van der Waals surface area contributed by atoms with Crippen LogP contribution in [0, 0.1) is 0 Å². The monoisotopic (exact) mass is 287 g/mol. The Balaban J connectivity index is 1.89. The summed E-state index contributed by atoms with van der Waals surface area (Å²) in [6.45, 7) is 1.45. The molecule has 1 amide bonds. The predicted molar refractivity (Wildman–Crippen MR) is 76.6 cm³/mol. The van der Waals surface area contributed by atoms with Gasteiger partial charge in [-0.3, -0.25) is 9.59 Å². The maximum Gasteiger partial charge on any atom is 0.306 e. The fourth-order valence-corrected chi connectivity index (χ4v) is 1.77. The molecule has 2 N–H and O–H groups in total. The molecule has 0 aliphatic rings. The van der Waals surface area contributed by atoms with E-state index >= 15 is 0 Å². The van der Waals surface area contributed by atoms with E-state index in [0.717, 1.165) is 11.3 Å². The number of nitrogens with two attached hydrogens (primary N) is 1. The fourth-order valence-electron chi connectivity index (χ4n) is 1.77. The molecule has 1 aromatic heterocycles. The average molecular weight is 287 g/mol. The maximum atomic E-state index is 11.6. The molecule has 21 heavy (non-hydrogen) atoms. The summed E-state index contributed by atoms with van der Waals surface area (Å²) in [5, 5.41) is 4.24. The van der Waals surface area contributed by atoms with Crippen molar-refractivity contribution in [3.05, 3.63) is 48.3 Å². The van der Waals surface area contributed by atoms with E-state index in [0.29, 0.717) is 6.42 Å². The number of aromatic nitrogens is 2. The molecule has 0 unspecified atom stereocenters. The first-order valence-corrected chi connectivity index (χ1v) is 6.64. The number of carbonyl (C=O) groups is 2. The first kappa shape index (κ1) is 14.8. The minimum absolute atomic E-state index is 0.179. The first-order chi connectivity index (χ1) is 10.1. The van der Waals surface area contributed by atoms with Gasteiger partial charge in [0.05, 0.1) is 11.9 Å². The Hall–Kier alpha value is -2.63. The third kappa shape index (κ3) is 4.17. The van der Waals surface area contributed by atoms with Crippen LogP contribution in [0.5, 0.6) is 0 Å². The molecule has 1 aromatic carbocycles. The van der Waals surface area contributed by atoms with Gasteiger partial charge in [0.25, 0.3) is 5.91 Å². The topological polar surface area (TPSA) is 87.2 Å². The number of primary amides is 1. The molecule has 0 saturated carbocycles. The third-order valence-electron chi connectivity index (χ3n) is 2.98. The zero-order valence-corrected chi connectivity index (χ0v) is 11.7. The minimum Gasteiger partial charge on any atom is -0.453 e. The van der Waals surface area contributed by atoms with Crippen LogP contribution in [0.3, 0.4) is 0 Å². The van der Waals surface area contributed by atoms with E-state index in [9.17, 15) is 9.59 Å². The van der Waals surface area contributed by atoms with Crippen molar-refractivity contribution in [2.75, 3.05) is 0 Å². The van der Waals surface area contributed by atoms with Gasteiger partial charge in [0.2, 0.25) is 0 Å². The summed E-state index contributed by atoms with van der Waals surface area (Å²) in [7, 11) is 0. The summed E-state index contributed by atoms with van der Waals surface area (Å²) < 4.78 is 6.63. The molecule has 2 rings (SSSR count). The Morgan fingerprint density at radius 1 is 1.33 bits per heavy atom. The smallest absolute Gasteiger partial charge is 0.306 e. The molecule has 0 saturated heterocycles. The third-order valence-corrected chi connectivity index (χ3v) is 2.98. The predicted octanol–water partition coefficient (Wildman–Crippen LogP) is 1.22. The van der Waals surface area contributed by atoms with Crippen molar-refractivity contribution < 1.29 is 14.3 Å². The van der Waals surface area contributed by atoms with Crippen LogP contribution in [0.1, 0.15) is 18.9 Å². The number of nitrogens with zero attached hydrogens (tertiary/aromatic N) is 2. The van der Waals surface area contributed by atoms with Crippen LogP contribution in [-0.2, 0) is 20.7 Å². The van der Waals surface area contributed by atoms with Crippen molar-refractivity contribution in [1.82, 2.24) is 9.78 Å². The molecule has 1 atom stereocenters. The molecule has 6 nitrogen and oxygen atoms in total. The molecular weight excluding hydrogens is 270 g/mol. The first-order valence-electron chi connectivity index (χ1n) is 6.64. The van der Waals surface area contributed by atoms with E-state index in [4.69, 9.17) is 10.5 Å². The van der Waals surface area contributed by atoms with Gasteiger partial charge in [-0.2, -0.15) is 5.10 Å². The standard InChI is InChI=1S/C15H17N3O3/c1-11(15(16)20)21-14(19)8-7-12-9-17-18(10-12)13-5-3-2-4-6-13/h2-6,9-11H,7-8H2,1H3,(H2,16,20)/t11-/m1/s1. The van der Waals surface area contributed by atoms with Gasteiger partial charge in [-0.15, -0.1) is 0 Å². The van der Waals surface area contributed by atoms with Crippen molar-refractivity contribution in [2.24, 2.45) is 5.73 Å². The molecule has 0 spiro atoms. The molecule has 0 radical (unpaired) electrons. The van der Waals surface area contributed by atoms with Gasteiger partial charge in [0.15, 0.2) is 6.10 Å². The second kappa shape index (κ2) is 6.69. The molecule has 1 heterocycles. The molecule has 0 aliphatic carbocycles. The molecule has 0 bridgehead atoms. The number of amides is 1. The highest BCUT2D eigenvalue weighted by molar-refractivity contribution is 5.81. The van der Waals surface area contributed by atoms with Gasteiger partial charge in [0, 0.05) is 12.6 Å². The van der Waals surface area contributed by atoms with E-state index in [1.807, 2.05) is 36.5 Å². The van der Waals surface area contributed by atoms with Crippen LogP contribution < -0.4 is 5.73 Å².